The van der Waals surface area contributed by atoms with Gasteiger partial charge in [0.2, 0.25) is 5.75 Å². The average Bonchev–Trinajstić information content (AvgIpc) is 3.36. The van der Waals surface area contributed by atoms with E-state index in [1.807, 2.05) is 35.9 Å². The van der Waals surface area contributed by atoms with Crippen LogP contribution in [0.25, 0.3) is 5.69 Å². The Morgan fingerprint density at radius 3 is 2.27 bits per heavy atom. The second-order valence-corrected chi connectivity index (χ2v) is 7.24. The van der Waals surface area contributed by atoms with Crippen LogP contribution in [0.1, 0.15) is 33.7 Å². The maximum absolute atomic E-state index is 13.1. The van der Waals surface area contributed by atoms with Gasteiger partial charge in [-0.1, -0.05) is 17.7 Å². The highest BCUT2D eigenvalue weighted by atomic mass is 16.5. The zero-order valence-electron chi connectivity index (χ0n) is 17.6. The van der Waals surface area contributed by atoms with E-state index in [-0.39, 0.29) is 5.91 Å². The van der Waals surface area contributed by atoms with Gasteiger partial charge >= 0.3 is 0 Å². The molecular formula is C23H25N3O4. The molecule has 4 rings (SSSR count). The van der Waals surface area contributed by atoms with E-state index in [0.717, 1.165) is 36.2 Å². The van der Waals surface area contributed by atoms with Gasteiger partial charge in [0.15, 0.2) is 17.2 Å². The lowest BCUT2D eigenvalue weighted by molar-refractivity contribution is 0.102. The molecule has 7 heteroatoms. The molecule has 0 spiro atoms. The van der Waals surface area contributed by atoms with Crippen LogP contribution in [0, 0.1) is 6.92 Å². The van der Waals surface area contributed by atoms with Crippen LogP contribution in [0.3, 0.4) is 0 Å². The minimum absolute atomic E-state index is 0.256. The van der Waals surface area contributed by atoms with Crippen LogP contribution in [0.2, 0.25) is 0 Å². The van der Waals surface area contributed by atoms with Crippen LogP contribution in [0.4, 0.5) is 5.69 Å². The Labute approximate surface area is 175 Å². The maximum Gasteiger partial charge on any atom is 0.276 e. The topological polar surface area (TPSA) is 74.6 Å². The zero-order chi connectivity index (χ0) is 21.3. The largest absolute Gasteiger partial charge is 0.493 e. The number of fused-ring (bicyclic) bond motifs is 1. The van der Waals surface area contributed by atoms with E-state index in [1.54, 1.807) is 33.5 Å². The van der Waals surface area contributed by atoms with E-state index in [0.29, 0.717) is 28.6 Å². The Morgan fingerprint density at radius 2 is 1.67 bits per heavy atom. The number of aryl methyl sites for hydroxylation is 1. The molecule has 1 amide bonds. The van der Waals surface area contributed by atoms with Crippen molar-refractivity contribution in [2.45, 2.75) is 26.2 Å². The fourth-order valence-electron chi connectivity index (χ4n) is 3.86. The highest BCUT2D eigenvalue weighted by Gasteiger charge is 2.27. The second-order valence-electron chi connectivity index (χ2n) is 7.24. The van der Waals surface area contributed by atoms with Crippen molar-refractivity contribution in [3.05, 3.63) is 58.9 Å². The van der Waals surface area contributed by atoms with E-state index in [2.05, 4.69) is 10.4 Å². The summed E-state index contributed by atoms with van der Waals surface area (Å²) in [5, 5.41) is 7.60. The van der Waals surface area contributed by atoms with Crippen molar-refractivity contribution in [2.24, 2.45) is 0 Å². The quantitative estimate of drug-likeness (QED) is 0.670. The van der Waals surface area contributed by atoms with Crippen molar-refractivity contribution in [3.63, 3.8) is 0 Å². The van der Waals surface area contributed by atoms with Gasteiger partial charge < -0.3 is 19.5 Å². The summed E-state index contributed by atoms with van der Waals surface area (Å²) < 4.78 is 18.0. The van der Waals surface area contributed by atoms with Crippen LogP contribution in [-0.4, -0.2) is 37.0 Å². The lowest BCUT2D eigenvalue weighted by Gasteiger charge is -2.14. The minimum atomic E-state index is -0.256. The van der Waals surface area contributed by atoms with E-state index < -0.39 is 0 Å². The van der Waals surface area contributed by atoms with E-state index in [9.17, 15) is 4.79 Å². The molecule has 0 aliphatic heterocycles. The number of anilines is 1. The third-order valence-corrected chi connectivity index (χ3v) is 5.35. The molecule has 0 saturated heterocycles. The van der Waals surface area contributed by atoms with Gasteiger partial charge in [0.05, 0.1) is 27.0 Å². The number of nitrogens with zero attached hydrogens (tertiary/aromatic N) is 2. The molecule has 1 aromatic heterocycles. The van der Waals surface area contributed by atoms with Crippen molar-refractivity contribution in [3.8, 4) is 22.9 Å². The number of hydrogen-bond donors (Lipinski definition) is 1. The van der Waals surface area contributed by atoms with Crippen molar-refractivity contribution < 1.29 is 19.0 Å². The number of benzene rings is 2. The fourth-order valence-corrected chi connectivity index (χ4v) is 3.86. The number of methoxy groups -OCH3 is 3. The van der Waals surface area contributed by atoms with Crippen molar-refractivity contribution in [1.82, 2.24) is 9.78 Å². The van der Waals surface area contributed by atoms with Gasteiger partial charge in [-0.25, -0.2) is 4.68 Å². The number of carbonyl (C=O) groups excluding carboxylic acids is 1. The average molecular weight is 407 g/mol. The summed E-state index contributed by atoms with van der Waals surface area (Å²) in [5.74, 6) is 1.17. The predicted octanol–water partition coefficient (Wildman–Crippen LogP) is 3.95. The number of carbonyl (C=O) groups is 1. The van der Waals surface area contributed by atoms with Crippen LogP contribution in [0.15, 0.2) is 36.4 Å². The van der Waals surface area contributed by atoms with Gasteiger partial charge in [0, 0.05) is 29.1 Å². The zero-order valence-corrected chi connectivity index (χ0v) is 17.6. The molecule has 30 heavy (non-hydrogen) atoms. The molecule has 0 atom stereocenters. The van der Waals surface area contributed by atoms with Crippen molar-refractivity contribution in [1.29, 1.82) is 0 Å². The van der Waals surface area contributed by atoms with E-state index >= 15 is 0 Å². The number of aromatic nitrogens is 2. The molecule has 1 aliphatic carbocycles. The summed E-state index contributed by atoms with van der Waals surface area (Å²) in [6, 6.07) is 11.6. The first-order valence-electron chi connectivity index (χ1n) is 9.85. The first-order valence-corrected chi connectivity index (χ1v) is 9.85. The SMILES string of the molecule is COc1cc(NC(=O)c2nn(-c3ccc(C)cc3)c3c2CCC3)cc(OC)c1OC. The van der Waals surface area contributed by atoms with E-state index in [1.165, 1.54) is 5.56 Å². The number of ether oxygens (including phenoxy) is 3. The molecule has 1 N–H and O–H groups in total. The Balaban J connectivity index is 1.68. The molecule has 1 heterocycles. The Morgan fingerprint density at radius 1 is 1.00 bits per heavy atom. The molecule has 0 fully saturated rings. The predicted molar refractivity (Wildman–Crippen MR) is 114 cm³/mol. The van der Waals surface area contributed by atoms with Gasteiger partial charge in [-0.3, -0.25) is 4.79 Å². The molecule has 156 valence electrons. The van der Waals surface area contributed by atoms with Gasteiger partial charge in [0.25, 0.3) is 5.91 Å². The normalized spacial score (nSPS) is 12.4. The number of nitrogens with one attached hydrogen (secondary N) is 1. The highest BCUT2D eigenvalue weighted by Crippen LogP contribution is 2.40. The first-order chi connectivity index (χ1) is 14.5. The summed E-state index contributed by atoms with van der Waals surface area (Å²) in [7, 11) is 4.62. The molecule has 3 aromatic rings. The van der Waals surface area contributed by atoms with Crippen LogP contribution in [-0.2, 0) is 12.8 Å². The molecule has 0 radical (unpaired) electrons. The Bertz CT molecular complexity index is 1060. The van der Waals surface area contributed by atoms with Gasteiger partial charge in [0.1, 0.15) is 0 Å². The molecule has 2 aromatic carbocycles. The van der Waals surface area contributed by atoms with Gasteiger partial charge in [-0.15, -0.1) is 0 Å². The maximum atomic E-state index is 13.1. The molecule has 7 nitrogen and oxygen atoms in total. The fraction of sp³-hybridized carbons (Fsp3) is 0.304. The Kier molecular flexibility index (Phi) is 5.35. The number of rotatable bonds is 6. The summed E-state index contributed by atoms with van der Waals surface area (Å²) in [6.07, 6.45) is 2.77. The van der Waals surface area contributed by atoms with Crippen LogP contribution >= 0.6 is 0 Å². The second kappa shape index (κ2) is 8.10. The molecule has 1 aliphatic rings. The summed E-state index contributed by atoms with van der Waals surface area (Å²) in [5.41, 5.74) is 5.27. The summed E-state index contributed by atoms with van der Waals surface area (Å²) in [6.45, 7) is 2.05. The van der Waals surface area contributed by atoms with Crippen LogP contribution < -0.4 is 19.5 Å². The van der Waals surface area contributed by atoms with Crippen molar-refractivity contribution in [2.75, 3.05) is 26.6 Å². The highest BCUT2D eigenvalue weighted by molar-refractivity contribution is 6.04. The van der Waals surface area contributed by atoms with Crippen molar-refractivity contribution >= 4 is 11.6 Å². The van der Waals surface area contributed by atoms with Crippen LogP contribution in [0.5, 0.6) is 17.2 Å². The lowest BCUT2D eigenvalue weighted by atomic mass is 10.2. The first kappa shape index (κ1) is 19.8. The number of amides is 1. The monoisotopic (exact) mass is 407 g/mol. The van der Waals surface area contributed by atoms with E-state index in [4.69, 9.17) is 14.2 Å². The van der Waals surface area contributed by atoms with Gasteiger partial charge in [-0.2, -0.15) is 5.10 Å². The minimum Gasteiger partial charge on any atom is -0.493 e. The molecule has 0 saturated carbocycles. The number of hydrogen-bond acceptors (Lipinski definition) is 5. The third-order valence-electron chi connectivity index (χ3n) is 5.35. The third kappa shape index (κ3) is 3.47. The standard InChI is InChI=1S/C23H25N3O4/c1-14-8-10-16(11-9-14)26-18-7-5-6-17(18)21(25-26)23(27)24-15-12-19(28-2)22(30-4)20(13-15)29-3/h8-13H,5-7H2,1-4H3,(H,24,27). The molecule has 0 bridgehead atoms. The summed E-state index contributed by atoms with van der Waals surface area (Å²) >= 11 is 0. The smallest absolute Gasteiger partial charge is 0.276 e. The Hall–Kier alpha value is -3.48. The molecular weight excluding hydrogens is 382 g/mol. The molecule has 0 unspecified atom stereocenters. The lowest BCUT2D eigenvalue weighted by Crippen LogP contribution is -2.15. The summed E-state index contributed by atoms with van der Waals surface area (Å²) in [4.78, 5) is 13.1. The van der Waals surface area contributed by atoms with Gasteiger partial charge in [-0.05, 0) is 38.3 Å².